The largest absolute Gasteiger partial charge is 0.454 e. The standard InChI is InChI=1S/C15H20BrNO2/c1-9(2)13-10(11-5-3-4-6-17-11)7-12-15(14(13)16)19-8-18-12/h7,9,11,17H,3-6,8H2,1-2H3. The van der Waals surface area contributed by atoms with Crippen molar-refractivity contribution in [2.24, 2.45) is 0 Å². The van der Waals surface area contributed by atoms with E-state index in [0.717, 1.165) is 22.5 Å². The first-order chi connectivity index (χ1) is 9.18. The van der Waals surface area contributed by atoms with E-state index in [4.69, 9.17) is 9.47 Å². The Morgan fingerprint density at radius 3 is 2.84 bits per heavy atom. The van der Waals surface area contributed by atoms with Crippen LogP contribution in [0, 0.1) is 0 Å². The Morgan fingerprint density at radius 1 is 1.32 bits per heavy atom. The molecule has 1 atom stereocenters. The van der Waals surface area contributed by atoms with Gasteiger partial charge in [-0.3, -0.25) is 0 Å². The quantitative estimate of drug-likeness (QED) is 0.887. The molecule has 0 bridgehead atoms. The molecule has 0 saturated carbocycles. The molecule has 0 aromatic heterocycles. The summed E-state index contributed by atoms with van der Waals surface area (Å²) in [5.41, 5.74) is 2.72. The van der Waals surface area contributed by atoms with Crippen molar-refractivity contribution in [1.82, 2.24) is 5.32 Å². The summed E-state index contributed by atoms with van der Waals surface area (Å²) in [5.74, 6) is 2.20. The van der Waals surface area contributed by atoms with Crippen LogP contribution < -0.4 is 14.8 Å². The maximum Gasteiger partial charge on any atom is 0.231 e. The van der Waals surface area contributed by atoms with Gasteiger partial charge in [0.1, 0.15) is 0 Å². The molecule has 2 heterocycles. The molecule has 0 radical (unpaired) electrons. The van der Waals surface area contributed by atoms with Gasteiger partial charge in [-0.05, 0) is 58.4 Å². The summed E-state index contributed by atoms with van der Waals surface area (Å²) in [6.45, 7) is 5.89. The third kappa shape index (κ3) is 2.36. The minimum absolute atomic E-state index is 0.326. The van der Waals surface area contributed by atoms with Gasteiger partial charge in [-0.1, -0.05) is 20.3 Å². The number of ether oxygens (including phenoxy) is 2. The fraction of sp³-hybridized carbons (Fsp3) is 0.600. The maximum absolute atomic E-state index is 5.57. The molecule has 3 rings (SSSR count). The van der Waals surface area contributed by atoms with Crippen molar-refractivity contribution >= 4 is 15.9 Å². The first kappa shape index (κ1) is 13.3. The van der Waals surface area contributed by atoms with Gasteiger partial charge in [0.2, 0.25) is 6.79 Å². The molecule has 1 aromatic rings. The van der Waals surface area contributed by atoms with Crippen LogP contribution in [-0.2, 0) is 0 Å². The van der Waals surface area contributed by atoms with Crippen LogP contribution >= 0.6 is 15.9 Å². The van der Waals surface area contributed by atoms with Crippen LogP contribution in [0.5, 0.6) is 11.5 Å². The SMILES string of the molecule is CC(C)c1c(C2CCCCN2)cc2c(c1Br)OCO2. The molecular formula is C15H20BrNO2. The zero-order valence-electron chi connectivity index (χ0n) is 11.5. The van der Waals surface area contributed by atoms with Gasteiger partial charge in [-0.25, -0.2) is 0 Å². The highest BCUT2D eigenvalue weighted by Crippen LogP contribution is 2.47. The fourth-order valence-corrected chi connectivity index (χ4v) is 4.02. The topological polar surface area (TPSA) is 30.5 Å². The van der Waals surface area contributed by atoms with Crippen molar-refractivity contribution in [1.29, 1.82) is 0 Å². The van der Waals surface area contributed by atoms with Crippen molar-refractivity contribution < 1.29 is 9.47 Å². The minimum atomic E-state index is 0.326. The summed E-state index contributed by atoms with van der Waals surface area (Å²) in [5, 5.41) is 3.63. The summed E-state index contributed by atoms with van der Waals surface area (Å²) in [4.78, 5) is 0. The average Bonchev–Trinajstić information content (AvgIpc) is 2.87. The Balaban J connectivity index is 2.08. The van der Waals surface area contributed by atoms with Crippen molar-refractivity contribution in [3.63, 3.8) is 0 Å². The van der Waals surface area contributed by atoms with Crippen molar-refractivity contribution in [2.75, 3.05) is 13.3 Å². The molecular weight excluding hydrogens is 306 g/mol. The molecule has 1 N–H and O–H groups in total. The maximum atomic E-state index is 5.57. The van der Waals surface area contributed by atoms with E-state index in [1.807, 2.05) is 0 Å². The summed E-state index contributed by atoms with van der Waals surface area (Å²) in [7, 11) is 0. The second-order valence-electron chi connectivity index (χ2n) is 5.58. The predicted molar refractivity (Wildman–Crippen MR) is 78.9 cm³/mol. The van der Waals surface area contributed by atoms with E-state index < -0.39 is 0 Å². The number of nitrogens with one attached hydrogen (secondary N) is 1. The number of hydrogen-bond acceptors (Lipinski definition) is 3. The van der Waals surface area contributed by atoms with Gasteiger partial charge in [-0.15, -0.1) is 0 Å². The Bertz CT molecular complexity index is 482. The van der Waals surface area contributed by atoms with Crippen LogP contribution in [0.4, 0.5) is 0 Å². The highest BCUT2D eigenvalue weighted by Gasteiger charge is 2.28. The van der Waals surface area contributed by atoms with Gasteiger partial charge in [0.15, 0.2) is 11.5 Å². The average molecular weight is 326 g/mol. The predicted octanol–water partition coefficient (Wildman–Crippen LogP) is 4.12. The number of piperidine rings is 1. The molecule has 2 aliphatic rings. The van der Waals surface area contributed by atoms with Crippen molar-refractivity contribution in [3.8, 4) is 11.5 Å². The second-order valence-corrected chi connectivity index (χ2v) is 6.38. The summed E-state index contributed by atoms with van der Waals surface area (Å²) >= 11 is 3.72. The summed E-state index contributed by atoms with van der Waals surface area (Å²) in [6.07, 6.45) is 3.77. The molecule has 1 fully saturated rings. The molecule has 19 heavy (non-hydrogen) atoms. The summed E-state index contributed by atoms with van der Waals surface area (Å²) in [6, 6.07) is 2.61. The van der Waals surface area contributed by atoms with Crippen LogP contribution in [0.2, 0.25) is 0 Å². The molecule has 104 valence electrons. The number of hydrogen-bond donors (Lipinski definition) is 1. The zero-order valence-corrected chi connectivity index (χ0v) is 13.0. The zero-order chi connectivity index (χ0) is 13.4. The Hall–Kier alpha value is -0.740. The Labute approximate surface area is 122 Å². The van der Waals surface area contributed by atoms with E-state index in [2.05, 4.69) is 41.2 Å². The fourth-order valence-electron chi connectivity index (χ4n) is 3.03. The lowest BCUT2D eigenvalue weighted by atomic mass is 9.88. The third-order valence-corrected chi connectivity index (χ3v) is 4.73. The van der Waals surface area contributed by atoms with E-state index >= 15 is 0 Å². The van der Waals surface area contributed by atoms with Gasteiger partial charge in [0, 0.05) is 6.04 Å². The molecule has 2 aliphatic heterocycles. The first-order valence-corrected chi connectivity index (χ1v) is 7.83. The highest BCUT2D eigenvalue weighted by atomic mass is 79.9. The number of halogens is 1. The van der Waals surface area contributed by atoms with E-state index in [-0.39, 0.29) is 0 Å². The van der Waals surface area contributed by atoms with Crippen LogP contribution in [0.25, 0.3) is 0 Å². The monoisotopic (exact) mass is 325 g/mol. The normalized spacial score (nSPS) is 22.0. The smallest absolute Gasteiger partial charge is 0.231 e. The third-order valence-electron chi connectivity index (χ3n) is 3.94. The number of fused-ring (bicyclic) bond motifs is 1. The molecule has 0 amide bonds. The Morgan fingerprint density at radius 2 is 2.16 bits per heavy atom. The molecule has 1 aromatic carbocycles. The number of benzene rings is 1. The van der Waals surface area contributed by atoms with Crippen LogP contribution in [-0.4, -0.2) is 13.3 Å². The van der Waals surface area contributed by atoms with Gasteiger partial charge < -0.3 is 14.8 Å². The van der Waals surface area contributed by atoms with Crippen LogP contribution in [0.3, 0.4) is 0 Å². The van der Waals surface area contributed by atoms with Gasteiger partial charge in [-0.2, -0.15) is 0 Å². The van der Waals surface area contributed by atoms with Gasteiger partial charge >= 0.3 is 0 Å². The van der Waals surface area contributed by atoms with Gasteiger partial charge in [0.05, 0.1) is 4.47 Å². The molecule has 1 saturated heterocycles. The minimum Gasteiger partial charge on any atom is -0.454 e. The lowest BCUT2D eigenvalue weighted by Crippen LogP contribution is -2.27. The van der Waals surface area contributed by atoms with Crippen molar-refractivity contribution in [2.45, 2.75) is 45.1 Å². The summed E-state index contributed by atoms with van der Waals surface area (Å²) < 4.78 is 12.2. The van der Waals surface area contributed by atoms with Gasteiger partial charge in [0.25, 0.3) is 0 Å². The van der Waals surface area contributed by atoms with E-state index in [1.54, 1.807) is 0 Å². The van der Waals surface area contributed by atoms with E-state index in [0.29, 0.717) is 18.8 Å². The lowest BCUT2D eigenvalue weighted by molar-refractivity contribution is 0.173. The van der Waals surface area contributed by atoms with Crippen LogP contribution in [0.15, 0.2) is 10.5 Å². The lowest BCUT2D eigenvalue weighted by Gasteiger charge is -2.28. The van der Waals surface area contributed by atoms with E-state index in [9.17, 15) is 0 Å². The second kappa shape index (κ2) is 5.33. The van der Waals surface area contributed by atoms with Crippen LogP contribution in [0.1, 0.15) is 56.2 Å². The molecule has 4 heteroatoms. The first-order valence-electron chi connectivity index (χ1n) is 7.03. The molecule has 0 aliphatic carbocycles. The van der Waals surface area contributed by atoms with Crippen molar-refractivity contribution in [3.05, 3.63) is 21.7 Å². The molecule has 1 unspecified atom stereocenters. The molecule has 0 spiro atoms. The highest BCUT2D eigenvalue weighted by molar-refractivity contribution is 9.10. The Kier molecular flexibility index (Phi) is 3.72. The molecule has 3 nitrogen and oxygen atoms in total. The van der Waals surface area contributed by atoms with E-state index in [1.165, 1.54) is 30.4 Å². The number of rotatable bonds is 2.